The number of pyridine rings is 1. The molecule has 1 unspecified atom stereocenters. The molecule has 3 aromatic rings. The maximum atomic E-state index is 12.8. The van der Waals surface area contributed by atoms with Gasteiger partial charge in [0.15, 0.2) is 0 Å². The predicted molar refractivity (Wildman–Crippen MR) is 120 cm³/mol. The van der Waals surface area contributed by atoms with Crippen LogP contribution in [0.5, 0.6) is 0 Å². The Morgan fingerprint density at radius 1 is 1.40 bits per heavy atom. The van der Waals surface area contributed by atoms with E-state index in [0.29, 0.717) is 28.9 Å². The molecule has 3 aromatic heterocycles. The van der Waals surface area contributed by atoms with Gasteiger partial charge in [0.25, 0.3) is 5.56 Å². The Kier molecular flexibility index (Phi) is 6.95. The van der Waals surface area contributed by atoms with E-state index in [1.165, 1.54) is 15.9 Å². The number of hydrogen-bond donors (Lipinski definition) is 1. The Balaban J connectivity index is 0.00000256. The first-order chi connectivity index (χ1) is 14.0. The van der Waals surface area contributed by atoms with Gasteiger partial charge in [-0.25, -0.2) is 4.98 Å². The molecule has 1 atom stereocenters. The molecule has 4 heterocycles. The summed E-state index contributed by atoms with van der Waals surface area (Å²) in [5.41, 5.74) is 0.994. The number of rotatable bonds is 5. The van der Waals surface area contributed by atoms with Gasteiger partial charge in [0.2, 0.25) is 16.0 Å². The zero-order valence-corrected chi connectivity index (χ0v) is 18.9. The van der Waals surface area contributed by atoms with Crippen molar-refractivity contribution in [2.45, 2.75) is 45.2 Å². The van der Waals surface area contributed by atoms with Crippen LogP contribution >= 0.6 is 35.3 Å². The lowest BCUT2D eigenvalue weighted by atomic mass is 10.1. The van der Waals surface area contributed by atoms with Crippen molar-refractivity contribution in [1.82, 2.24) is 24.9 Å². The fourth-order valence-corrected chi connectivity index (χ4v) is 4.71. The topological polar surface area (TPSA) is 92.5 Å². The molecule has 1 saturated heterocycles. The summed E-state index contributed by atoms with van der Waals surface area (Å²) in [5.74, 6) is -0.0451. The summed E-state index contributed by atoms with van der Waals surface area (Å²) >= 11 is 7.50. The van der Waals surface area contributed by atoms with Crippen molar-refractivity contribution in [1.29, 1.82) is 0 Å². The molecule has 1 aliphatic rings. The maximum Gasteiger partial charge on any atom is 0.294 e. The molecule has 8 nitrogen and oxygen atoms in total. The van der Waals surface area contributed by atoms with Crippen molar-refractivity contribution in [3.05, 3.63) is 51.2 Å². The molecular weight excluding hydrogens is 447 g/mol. The van der Waals surface area contributed by atoms with Crippen LogP contribution in [0, 0.1) is 0 Å². The fraction of sp³-hybridized carbons (Fsp3) is 0.421. The number of halogens is 2. The standard InChI is InChI=1S/C19H21ClN6O2S.ClH/c1-11(2)15-14(20)17(28)26-18(23-15)29-19(24-26)25-9-5-7-13(25)16(27)22-10-12-6-3-4-8-21-12;/h3-4,6,8,11,13H,5,7,9-10H2,1-2H3,(H,22,27);1H. The van der Waals surface area contributed by atoms with Crippen molar-refractivity contribution >= 4 is 51.3 Å². The number of anilines is 1. The van der Waals surface area contributed by atoms with Gasteiger partial charge in [-0.3, -0.25) is 14.6 Å². The highest BCUT2D eigenvalue weighted by Gasteiger charge is 2.33. The molecular formula is C19H22Cl2N6O2S. The molecule has 0 aliphatic carbocycles. The zero-order chi connectivity index (χ0) is 20.5. The minimum absolute atomic E-state index is 0. The number of nitrogens with one attached hydrogen (secondary N) is 1. The van der Waals surface area contributed by atoms with Gasteiger partial charge in [0.1, 0.15) is 11.1 Å². The second-order valence-electron chi connectivity index (χ2n) is 7.24. The first kappa shape index (κ1) is 22.5. The van der Waals surface area contributed by atoms with E-state index >= 15 is 0 Å². The average Bonchev–Trinajstić information content (AvgIpc) is 3.36. The number of carbonyl (C=O) groups excluding carboxylic acids is 1. The molecule has 1 aliphatic heterocycles. The first-order valence-corrected chi connectivity index (χ1v) is 10.7. The average molecular weight is 469 g/mol. The quantitative estimate of drug-likeness (QED) is 0.618. The summed E-state index contributed by atoms with van der Waals surface area (Å²) in [6.45, 7) is 4.95. The number of amides is 1. The third-order valence-corrected chi connectivity index (χ3v) is 6.19. The largest absolute Gasteiger partial charge is 0.349 e. The van der Waals surface area contributed by atoms with E-state index in [1.807, 2.05) is 36.9 Å². The first-order valence-electron chi connectivity index (χ1n) is 9.49. The molecule has 160 valence electrons. The van der Waals surface area contributed by atoms with Crippen molar-refractivity contribution < 1.29 is 4.79 Å². The predicted octanol–water partition coefficient (Wildman–Crippen LogP) is 3.03. The van der Waals surface area contributed by atoms with Crippen LogP contribution in [0.15, 0.2) is 29.2 Å². The maximum absolute atomic E-state index is 12.8. The molecule has 1 N–H and O–H groups in total. The summed E-state index contributed by atoms with van der Waals surface area (Å²) in [4.78, 5) is 36.5. The molecule has 0 saturated carbocycles. The van der Waals surface area contributed by atoms with Crippen LogP contribution in [0.4, 0.5) is 5.13 Å². The lowest BCUT2D eigenvalue weighted by Crippen LogP contribution is -2.43. The van der Waals surface area contributed by atoms with Gasteiger partial charge in [-0.2, -0.15) is 4.52 Å². The summed E-state index contributed by atoms with van der Waals surface area (Å²) in [6.07, 6.45) is 3.30. The van der Waals surface area contributed by atoms with E-state index in [-0.39, 0.29) is 40.9 Å². The smallest absolute Gasteiger partial charge is 0.294 e. The summed E-state index contributed by atoms with van der Waals surface area (Å²) < 4.78 is 1.23. The lowest BCUT2D eigenvalue weighted by molar-refractivity contribution is -0.122. The lowest BCUT2D eigenvalue weighted by Gasteiger charge is -2.22. The highest BCUT2D eigenvalue weighted by atomic mass is 35.5. The molecule has 0 spiro atoms. The monoisotopic (exact) mass is 468 g/mol. The number of fused-ring (bicyclic) bond motifs is 1. The molecule has 1 amide bonds. The molecule has 30 heavy (non-hydrogen) atoms. The van der Waals surface area contributed by atoms with Gasteiger partial charge in [-0.05, 0) is 30.9 Å². The van der Waals surface area contributed by atoms with Gasteiger partial charge in [0.05, 0.1) is 17.9 Å². The van der Waals surface area contributed by atoms with Gasteiger partial charge >= 0.3 is 0 Å². The van der Waals surface area contributed by atoms with Crippen molar-refractivity contribution in [2.75, 3.05) is 11.4 Å². The minimum atomic E-state index is -0.377. The van der Waals surface area contributed by atoms with Crippen LogP contribution in [-0.4, -0.2) is 38.1 Å². The minimum Gasteiger partial charge on any atom is -0.349 e. The van der Waals surface area contributed by atoms with Gasteiger partial charge < -0.3 is 10.2 Å². The molecule has 0 bridgehead atoms. The highest BCUT2D eigenvalue weighted by molar-refractivity contribution is 7.20. The van der Waals surface area contributed by atoms with Crippen molar-refractivity contribution in [2.24, 2.45) is 0 Å². The van der Waals surface area contributed by atoms with Crippen LogP contribution in [0.25, 0.3) is 4.96 Å². The van der Waals surface area contributed by atoms with Gasteiger partial charge in [-0.15, -0.1) is 17.5 Å². The SMILES string of the molecule is CC(C)c1nc2sc(N3CCCC3C(=O)NCc3ccccn3)nn2c(=O)c1Cl.Cl. The summed E-state index contributed by atoms with van der Waals surface area (Å²) in [6, 6.07) is 5.26. The second kappa shape index (κ2) is 9.28. The van der Waals surface area contributed by atoms with Crippen LogP contribution in [0.1, 0.15) is 44.0 Å². The normalized spacial score (nSPS) is 16.1. The number of carbonyl (C=O) groups is 1. The summed E-state index contributed by atoms with van der Waals surface area (Å²) in [5, 5.41) is 8.06. The molecule has 11 heteroatoms. The fourth-order valence-electron chi connectivity index (χ4n) is 3.40. The van der Waals surface area contributed by atoms with Crippen LogP contribution in [0.2, 0.25) is 5.02 Å². The van der Waals surface area contributed by atoms with Gasteiger partial charge in [-0.1, -0.05) is 42.9 Å². The Morgan fingerprint density at radius 3 is 2.90 bits per heavy atom. The van der Waals surface area contributed by atoms with Crippen LogP contribution in [-0.2, 0) is 11.3 Å². The van der Waals surface area contributed by atoms with Gasteiger partial charge in [0, 0.05) is 12.7 Å². The van der Waals surface area contributed by atoms with E-state index in [9.17, 15) is 9.59 Å². The summed E-state index contributed by atoms with van der Waals surface area (Å²) in [7, 11) is 0. The number of aromatic nitrogens is 4. The Labute approximate surface area is 188 Å². The number of hydrogen-bond acceptors (Lipinski definition) is 7. The Hall–Kier alpha value is -2.23. The Morgan fingerprint density at radius 2 is 2.20 bits per heavy atom. The van der Waals surface area contributed by atoms with E-state index in [0.717, 1.165) is 18.5 Å². The molecule has 1 fully saturated rings. The molecule has 4 rings (SSSR count). The van der Waals surface area contributed by atoms with Crippen LogP contribution < -0.4 is 15.8 Å². The third-order valence-electron chi connectivity index (χ3n) is 4.89. The van der Waals surface area contributed by atoms with E-state index < -0.39 is 0 Å². The number of nitrogens with zero attached hydrogens (tertiary/aromatic N) is 5. The second-order valence-corrected chi connectivity index (χ2v) is 8.55. The van der Waals surface area contributed by atoms with E-state index in [2.05, 4.69) is 20.4 Å². The molecule has 0 radical (unpaired) electrons. The van der Waals surface area contributed by atoms with E-state index in [1.54, 1.807) is 6.20 Å². The van der Waals surface area contributed by atoms with Crippen LogP contribution in [0.3, 0.4) is 0 Å². The third kappa shape index (κ3) is 4.28. The van der Waals surface area contributed by atoms with Crippen molar-refractivity contribution in [3.63, 3.8) is 0 Å². The van der Waals surface area contributed by atoms with Crippen molar-refractivity contribution in [3.8, 4) is 0 Å². The Bertz CT molecular complexity index is 1100. The highest BCUT2D eigenvalue weighted by Crippen LogP contribution is 2.30. The molecule has 0 aromatic carbocycles. The van der Waals surface area contributed by atoms with E-state index in [4.69, 9.17) is 11.6 Å². The zero-order valence-electron chi connectivity index (χ0n) is 16.5.